The molecule has 0 saturated carbocycles. The van der Waals surface area contributed by atoms with Crippen molar-refractivity contribution < 1.29 is 18.6 Å². The molecule has 45 heavy (non-hydrogen) atoms. The molecule has 0 radical (unpaired) electrons. The van der Waals surface area contributed by atoms with Crippen LogP contribution in [0.25, 0.3) is 0 Å². The smallest absolute Gasteiger partial charge is 0.261 e. The van der Waals surface area contributed by atoms with Crippen LogP contribution in [0, 0.1) is 0 Å². The van der Waals surface area contributed by atoms with E-state index in [4.69, 9.17) is 4.98 Å². The molecule has 0 bridgehead atoms. The van der Waals surface area contributed by atoms with Gasteiger partial charge >= 0.3 is 0 Å². The van der Waals surface area contributed by atoms with Gasteiger partial charge in [0.15, 0.2) is 16.6 Å². The highest BCUT2D eigenvalue weighted by Gasteiger charge is 2.26. The molecule has 2 aliphatic heterocycles. The van der Waals surface area contributed by atoms with Gasteiger partial charge in [0, 0.05) is 29.3 Å². The molecule has 0 spiro atoms. The third-order valence-electron chi connectivity index (χ3n) is 8.86. The zero-order valence-electron chi connectivity index (χ0n) is 25.8. The third kappa shape index (κ3) is 7.29. The Labute approximate surface area is 270 Å². The van der Waals surface area contributed by atoms with Crippen molar-refractivity contribution in [3.63, 3.8) is 0 Å². The second-order valence-electron chi connectivity index (χ2n) is 12.1. The van der Waals surface area contributed by atoms with Gasteiger partial charge in [-0.05, 0) is 103 Å². The molecule has 238 valence electrons. The molecule has 2 aliphatic rings. The van der Waals surface area contributed by atoms with Crippen LogP contribution in [0.3, 0.4) is 0 Å². The molecule has 3 aromatic carbocycles. The number of nitrogens with one attached hydrogen (secondary N) is 2. The summed E-state index contributed by atoms with van der Waals surface area (Å²) in [5.74, 6) is -0.221. The molecular formula is C35H42N4O4S2. The number of thiazole rings is 1. The predicted octanol–water partition coefficient (Wildman–Crippen LogP) is 7.38. The highest BCUT2D eigenvalue weighted by Crippen LogP contribution is 2.38. The van der Waals surface area contributed by atoms with Gasteiger partial charge in [0.1, 0.15) is 0 Å². The van der Waals surface area contributed by atoms with Gasteiger partial charge < -0.3 is 20.4 Å². The maximum atomic E-state index is 13.3. The van der Waals surface area contributed by atoms with E-state index < -0.39 is 10.0 Å². The number of aryl methyl sites for hydroxylation is 1. The van der Waals surface area contributed by atoms with E-state index in [1.54, 1.807) is 47.7 Å². The molecular weight excluding hydrogens is 605 g/mol. The Kier molecular flexibility index (Phi) is 9.63. The lowest BCUT2D eigenvalue weighted by Gasteiger charge is -2.27. The molecule has 0 amide bonds. The van der Waals surface area contributed by atoms with Gasteiger partial charge in [-0.15, -0.1) is 11.3 Å². The lowest BCUT2D eigenvalue weighted by Crippen LogP contribution is -2.31. The van der Waals surface area contributed by atoms with Crippen molar-refractivity contribution in [2.75, 3.05) is 22.7 Å². The van der Waals surface area contributed by atoms with E-state index in [2.05, 4.69) is 27.2 Å². The molecule has 3 heterocycles. The molecule has 6 rings (SSSR count). The maximum Gasteiger partial charge on any atom is 0.261 e. The van der Waals surface area contributed by atoms with E-state index in [0.29, 0.717) is 12.1 Å². The van der Waals surface area contributed by atoms with E-state index >= 15 is 0 Å². The van der Waals surface area contributed by atoms with Crippen molar-refractivity contribution in [3.05, 3.63) is 87.9 Å². The van der Waals surface area contributed by atoms with Crippen LogP contribution in [0.2, 0.25) is 0 Å². The van der Waals surface area contributed by atoms with Crippen LogP contribution in [-0.2, 0) is 35.7 Å². The minimum Gasteiger partial charge on any atom is -0.504 e. The number of hydrogen-bond donors (Lipinski definition) is 4. The summed E-state index contributed by atoms with van der Waals surface area (Å²) in [7, 11) is -3.77. The maximum absolute atomic E-state index is 13.3. The van der Waals surface area contributed by atoms with Gasteiger partial charge in [0.25, 0.3) is 10.0 Å². The van der Waals surface area contributed by atoms with Crippen LogP contribution in [0.5, 0.6) is 11.5 Å². The molecule has 0 saturated heterocycles. The normalized spacial score (nSPS) is 16.0. The first-order valence-electron chi connectivity index (χ1n) is 16.1. The minimum absolute atomic E-state index is 0.00921. The Morgan fingerprint density at radius 3 is 2.56 bits per heavy atom. The fourth-order valence-corrected chi connectivity index (χ4v) is 8.38. The SMILES string of the molecule is CCCCCCCCc1csc(N2CCc3cc(S(=O)(=O)Nc4ccc(CC5NCCc6cc(O)c(O)cc65)cc4)ccc32)n1. The first-order valence-corrected chi connectivity index (χ1v) is 18.4. The van der Waals surface area contributed by atoms with E-state index in [1.165, 1.54) is 38.5 Å². The summed E-state index contributed by atoms with van der Waals surface area (Å²) in [5, 5.41) is 26.5. The van der Waals surface area contributed by atoms with Gasteiger partial charge in [-0.2, -0.15) is 0 Å². The average molecular weight is 647 g/mol. The van der Waals surface area contributed by atoms with Crippen LogP contribution in [0.1, 0.15) is 79.4 Å². The van der Waals surface area contributed by atoms with E-state index in [0.717, 1.165) is 71.1 Å². The molecule has 4 N–H and O–H groups in total. The molecule has 10 heteroatoms. The monoisotopic (exact) mass is 646 g/mol. The zero-order valence-corrected chi connectivity index (χ0v) is 27.4. The fourth-order valence-electron chi connectivity index (χ4n) is 6.37. The molecule has 1 aromatic heterocycles. The number of hydrogen-bond acceptors (Lipinski definition) is 8. The molecule has 0 aliphatic carbocycles. The van der Waals surface area contributed by atoms with Gasteiger partial charge in [-0.25, -0.2) is 13.4 Å². The van der Waals surface area contributed by atoms with Gasteiger partial charge in [-0.1, -0.05) is 51.2 Å². The zero-order chi connectivity index (χ0) is 31.4. The van der Waals surface area contributed by atoms with Gasteiger partial charge in [0.05, 0.1) is 10.6 Å². The summed E-state index contributed by atoms with van der Waals surface area (Å²) in [4.78, 5) is 7.36. The Balaban J connectivity index is 1.07. The Morgan fingerprint density at radius 2 is 1.73 bits per heavy atom. The summed E-state index contributed by atoms with van der Waals surface area (Å²) < 4.78 is 29.4. The number of aromatic hydroxyl groups is 2. The molecule has 1 atom stereocenters. The summed E-state index contributed by atoms with van der Waals surface area (Å²) in [6, 6.07) is 16.0. The highest BCUT2D eigenvalue weighted by atomic mass is 32.2. The summed E-state index contributed by atoms with van der Waals surface area (Å²) in [6.45, 7) is 3.81. The number of sulfonamides is 1. The number of benzene rings is 3. The minimum atomic E-state index is -3.77. The van der Waals surface area contributed by atoms with Crippen LogP contribution < -0.4 is 14.9 Å². The lowest BCUT2D eigenvalue weighted by molar-refractivity contribution is 0.398. The van der Waals surface area contributed by atoms with Crippen molar-refractivity contribution in [2.24, 2.45) is 0 Å². The topological polar surface area (TPSA) is 115 Å². The summed E-state index contributed by atoms with van der Waals surface area (Å²) >= 11 is 1.66. The fraction of sp³-hybridized carbons (Fsp3) is 0.400. The standard InChI is InChI=1S/C35H42N4O4S2/c1-2-3-4-5-6-7-8-28-23-44-35(37-28)39-18-16-26-20-29(13-14-32(26)39)45(42,43)38-27-11-9-24(10-12-27)19-31-30-22-34(41)33(40)21-25(30)15-17-36-31/h9-14,20-23,31,36,38,40-41H,2-8,15-19H2,1H3. The van der Waals surface area contributed by atoms with Crippen LogP contribution >= 0.6 is 11.3 Å². The Hall–Kier alpha value is -3.60. The van der Waals surface area contributed by atoms with Crippen molar-refractivity contribution in [1.29, 1.82) is 0 Å². The van der Waals surface area contributed by atoms with Gasteiger partial charge in [-0.3, -0.25) is 4.72 Å². The van der Waals surface area contributed by atoms with Crippen LogP contribution in [0.4, 0.5) is 16.5 Å². The second kappa shape index (κ2) is 13.8. The number of unbranched alkanes of at least 4 members (excludes halogenated alkanes) is 5. The van der Waals surface area contributed by atoms with E-state index in [-0.39, 0.29) is 22.4 Å². The van der Waals surface area contributed by atoms with Crippen molar-refractivity contribution in [1.82, 2.24) is 10.3 Å². The largest absolute Gasteiger partial charge is 0.504 e. The first-order chi connectivity index (χ1) is 21.8. The molecule has 1 unspecified atom stereocenters. The average Bonchev–Trinajstić information content (AvgIpc) is 3.67. The van der Waals surface area contributed by atoms with Crippen molar-refractivity contribution in [3.8, 4) is 11.5 Å². The molecule has 0 fully saturated rings. The van der Waals surface area contributed by atoms with Gasteiger partial charge in [0.2, 0.25) is 0 Å². The number of phenolic OH excluding ortho intramolecular Hbond substituents is 2. The first kappa shape index (κ1) is 31.4. The number of aromatic nitrogens is 1. The highest BCUT2D eigenvalue weighted by molar-refractivity contribution is 7.92. The quantitative estimate of drug-likeness (QED) is 0.0885. The third-order valence-corrected chi connectivity index (χ3v) is 11.1. The molecule has 4 aromatic rings. The second-order valence-corrected chi connectivity index (χ2v) is 14.7. The van der Waals surface area contributed by atoms with Crippen molar-refractivity contribution in [2.45, 2.75) is 82.1 Å². The number of fused-ring (bicyclic) bond motifs is 2. The van der Waals surface area contributed by atoms with Crippen LogP contribution in [-0.4, -0.2) is 36.7 Å². The number of phenols is 2. The summed E-state index contributed by atoms with van der Waals surface area (Å²) in [6.07, 6.45) is 10.9. The van der Waals surface area contributed by atoms with E-state index in [9.17, 15) is 18.6 Å². The summed E-state index contributed by atoms with van der Waals surface area (Å²) in [5.41, 5.74) is 6.72. The Morgan fingerprint density at radius 1 is 0.956 bits per heavy atom. The number of nitrogens with zero attached hydrogens (tertiary/aromatic N) is 2. The number of anilines is 3. The van der Waals surface area contributed by atoms with E-state index in [1.807, 2.05) is 18.2 Å². The van der Waals surface area contributed by atoms with Crippen LogP contribution in [0.15, 0.2) is 64.9 Å². The predicted molar refractivity (Wildman–Crippen MR) is 182 cm³/mol. The Bertz CT molecular complexity index is 1740. The van der Waals surface area contributed by atoms with Crippen molar-refractivity contribution >= 4 is 37.9 Å². The molecule has 8 nitrogen and oxygen atoms in total. The lowest BCUT2D eigenvalue weighted by atomic mass is 9.90. The number of rotatable bonds is 13.